The minimum atomic E-state index is -2.46. The summed E-state index contributed by atoms with van der Waals surface area (Å²) >= 11 is 0. The first-order valence-electron chi connectivity index (χ1n) is 12.0. The van der Waals surface area contributed by atoms with Crippen LogP contribution in [0.3, 0.4) is 0 Å². The van der Waals surface area contributed by atoms with Gasteiger partial charge in [-0.2, -0.15) is 4.36 Å². The van der Waals surface area contributed by atoms with Crippen molar-refractivity contribution in [1.29, 1.82) is 0 Å². The number of aryl methyl sites for hydroxylation is 1. The number of nitrogens with one attached hydrogen (secondary N) is 1. The van der Waals surface area contributed by atoms with Crippen molar-refractivity contribution in [1.82, 2.24) is 14.5 Å². The highest BCUT2D eigenvalue weighted by atomic mass is 32.2. The van der Waals surface area contributed by atoms with Gasteiger partial charge >= 0.3 is 0 Å². The van der Waals surface area contributed by atoms with Crippen LogP contribution >= 0.6 is 0 Å². The number of anilines is 2. The Hall–Kier alpha value is -4.12. The topological polar surface area (TPSA) is 115 Å². The second-order valence-electron chi connectivity index (χ2n) is 9.31. The van der Waals surface area contributed by atoms with E-state index in [0.717, 1.165) is 12.8 Å². The molecule has 1 amide bonds. The molecule has 3 heterocycles. The summed E-state index contributed by atoms with van der Waals surface area (Å²) in [6, 6.07) is 8.69. The first-order valence-corrected chi connectivity index (χ1v) is 13.8. The van der Waals surface area contributed by atoms with Gasteiger partial charge in [0.25, 0.3) is 5.91 Å². The standard InChI is InChI=1S/C27H26F2N6O2S/c1-15(2)27(36)33-17-7-8-18(19(28)13-17)24-22(23-25(30)31-14-32-26(23)35(24)3)16-6-9-21(20(29)12-16)34-38(37)10-4-5-11-38/h6-9,12-14H,1,4-5,10-11H2,2-3H3,(H,33,36)(H2,30,31,32). The van der Waals surface area contributed by atoms with Crippen LogP contribution in [0.2, 0.25) is 0 Å². The number of hydrogen-bond acceptors (Lipinski definition) is 6. The summed E-state index contributed by atoms with van der Waals surface area (Å²) in [5, 5.41) is 3.03. The third-order valence-corrected chi connectivity index (χ3v) is 8.93. The van der Waals surface area contributed by atoms with Crippen molar-refractivity contribution in [3.63, 3.8) is 0 Å². The molecule has 4 aromatic rings. The second-order valence-corrected chi connectivity index (χ2v) is 11.9. The molecule has 1 aliphatic rings. The Morgan fingerprint density at radius 1 is 1.13 bits per heavy atom. The lowest BCUT2D eigenvalue weighted by Gasteiger charge is -2.12. The molecule has 0 atom stereocenters. The van der Waals surface area contributed by atoms with E-state index in [1.807, 2.05) is 0 Å². The van der Waals surface area contributed by atoms with Crippen LogP contribution in [0, 0.1) is 11.6 Å². The molecule has 0 spiro atoms. The van der Waals surface area contributed by atoms with E-state index in [-0.39, 0.29) is 28.3 Å². The maximum absolute atomic E-state index is 15.5. The van der Waals surface area contributed by atoms with Gasteiger partial charge in [-0.1, -0.05) is 12.6 Å². The van der Waals surface area contributed by atoms with Gasteiger partial charge in [-0.05, 0) is 55.7 Å². The van der Waals surface area contributed by atoms with Crippen LogP contribution in [0.25, 0.3) is 33.4 Å². The molecule has 0 aliphatic carbocycles. The van der Waals surface area contributed by atoms with Gasteiger partial charge in [0.2, 0.25) is 0 Å². The highest BCUT2D eigenvalue weighted by Crippen LogP contribution is 2.43. The van der Waals surface area contributed by atoms with Crippen molar-refractivity contribution in [2.45, 2.75) is 19.8 Å². The number of rotatable bonds is 5. The number of carbonyl (C=O) groups excluding carboxylic acids is 1. The summed E-state index contributed by atoms with van der Waals surface area (Å²) in [4.78, 5) is 20.4. The minimum Gasteiger partial charge on any atom is -0.383 e. The Morgan fingerprint density at radius 2 is 1.87 bits per heavy atom. The van der Waals surface area contributed by atoms with Crippen LogP contribution < -0.4 is 11.1 Å². The molecule has 2 aromatic carbocycles. The van der Waals surface area contributed by atoms with Crippen LogP contribution in [0.4, 0.5) is 26.0 Å². The Balaban J connectivity index is 1.69. The average molecular weight is 537 g/mol. The molecular weight excluding hydrogens is 510 g/mol. The largest absolute Gasteiger partial charge is 0.383 e. The fourth-order valence-electron chi connectivity index (χ4n) is 4.66. The predicted molar refractivity (Wildman–Crippen MR) is 146 cm³/mol. The average Bonchev–Trinajstić information content (AvgIpc) is 3.42. The van der Waals surface area contributed by atoms with Crippen molar-refractivity contribution < 1.29 is 17.8 Å². The van der Waals surface area contributed by atoms with E-state index in [1.54, 1.807) is 30.7 Å². The van der Waals surface area contributed by atoms with Crippen molar-refractivity contribution in [3.05, 3.63) is 66.5 Å². The molecule has 196 valence electrons. The summed E-state index contributed by atoms with van der Waals surface area (Å²) in [6.07, 6.45) is 2.92. The number of nitrogens with zero attached hydrogens (tertiary/aromatic N) is 4. The lowest BCUT2D eigenvalue weighted by Crippen LogP contribution is -2.12. The van der Waals surface area contributed by atoms with E-state index in [4.69, 9.17) is 5.73 Å². The molecule has 3 N–H and O–H groups in total. The number of fused-ring (bicyclic) bond motifs is 1. The normalized spacial score (nSPS) is 14.5. The molecule has 1 saturated heterocycles. The number of hydrogen-bond donors (Lipinski definition) is 2. The zero-order chi connectivity index (χ0) is 27.2. The highest BCUT2D eigenvalue weighted by Gasteiger charge is 2.25. The van der Waals surface area contributed by atoms with E-state index >= 15 is 8.78 Å². The summed E-state index contributed by atoms with van der Waals surface area (Å²) in [7, 11) is -0.760. The maximum atomic E-state index is 15.5. The summed E-state index contributed by atoms with van der Waals surface area (Å²) in [5.74, 6) is -0.622. The van der Waals surface area contributed by atoms with E-state index < -0.39 is 27.3 Å². The second kappa shape index (κ2) is 9.64. The summed E-state index contributed by atoms with van der Waals surface area (Å²) in [5.41, 5.74) is 8.67. The van der Waals surface area contributed by atoms with Gasteiger partial charge in [0, 0.05) is 40.9 Å². The predicted octanol–water partition coefficient (Wildman–Crippen LogP) is 5.57. The molecule has 0 radical (unpaired) electrons. The minimum absolute atomic E-state index is 0.0236. The lowest BCUT2D eigenvalue weighted by molar-refractivity contribution is -0.112. The first kappa shape index (κ1) is 25.5. The monoisotopic (exact) mass is 536 g/mol. The van der Waals surface area contributed by atoms with Crippen LogP contribution in [-0.2, 0) is 21.6 Å². The Kier molecular flexibility index (Phi) is 6.47. The number of aromatic nitrogens is 3. The zero-order valence-corrected chi connectivity index (χ0v) is 21.7. The summed E-state index contributed by atoms with van der Waals surface area (Å²) < 4.78 is 49.6. The zero-order valence-electron chi connectivity index (χ0n) is 20.9. The fraction of sp³-hybridized carbons (Fsp3) is 0.222. The molecule has 38 heavy (non-hydrogen) atoms. The smallest absolute Gasteiger partial charge is 0.250 e. The van der Waals surface area contributed by atoms with Crippen molar-refractivity contribution in [3.8, 4) is 22.4 Å². The van der Waals surface area contributed by atoms with Gasteiger partial charge in [-0.3, -0.25) is 4.79 Å². The number of halogens is 2. The molecule has 0 unspecified atom stereocenters. The van der Waals surface area contributed by atoms with Gasteiger partial charge in [0.15, 0.2) is 0 Å². The molecule has 11 heteroatoms. The number of nitrogen functional groups attached to an aromatic ring is 1. The van der Waals surface area contributed by atoms with Crippen molar-refractivity contribution in [2.24, 2.45) is 11.4 Å². The van der Waals surface area contributed by atoms with E-state index in [2.05, 4.69) is 26.2 Å². The highest BCUT2D eigenvalue weighted by molar-refractivity contribution is 7.93. The third kappa shape index (κ3) is 4.53. The fourth-order valence-corrected chi connectivity index (χ4v) is 6.86. The maximum Gasteiger partial charge on any atom is 0.250 e. The van der Waals surface area contributed by atoms with Gasteiger partial charge in [-0.25, -0.2) is 23.0 Å². The molecule has 0 saturated carbocycles. The van der Waals surface area contributed by atoms with Crippen LogP contribution in [0.5, 0.6) is 0 Å². The van der Waals surface area contributed by atoms with Crippen LogP contribution in [-0.4, -0.2) is 36.2 Å². The SMILES string of the molecule is C=C(C)C(=O)Nc1ccc(-c2c(-c3ccc(N=S4(=O)CCCC4)c(F)c3)c3c(N)ncnc3n2C)c(F)c1. The van der Waals surface area contributed by atoms with E-state index in [1.165, 1.54) is 30.6 Å². The quantitative estimate of drug-likeness (QED) is 0.324. The lowest BCUT2D eigenvalue weighted by atomic mass is 9.98. The number of amides is 1. The van der Waals surface area contributed by atoms with Crippen LogP contribution in [0.1, 0.15) is 19.8 Å². The van der Waals surface area contributed by atoms with Gasteiger partial charge < -0.3 is 15.6 Å². The van der Waals surface area contributed by atoms with Crippen molar-refractivity contribution in [2.75, 3.05) is 22.6 Å². The molecule has 0 bridgehead atoms. The molecule has 1 fully saturated rings. The van der Waals surface area contributed by atoms with Gasteiger partial charge in [-0.15, -0.1) is 0 Å². The molecule has 5 rings (SSSR count). The Bertz CT molecular complexity index is 1740. The summed E-state index contributed by atoms with van der Waals surface area (Å²) in [6.45, 7) is 5.14. The molecule has 8 nitrogen and oxygen atoms in total. The Labute approximate surface area is 218 Å². The molecule has 1 aliphatic heterocycles. The van der Waals surface area contributed by atoms with Gasteiger partial charge in [0.1, 0.15) is 35.1 Å². The third-order valence-electron chi connectivity index (χ3n) is 6.54. The number of nitrogens with two attached hydrogens (primary N) is 1. The van der Waals surface area contributed by atoms with Crippen molar-refractivity contribution >= 4 is 43.9 Å². The molecular formula is C27H26F2N6O2S. The van der Waals surface area contributed by atoms with E-state index in [0.29, 0.717) is 39.4 Å². The van der Waals surface area contributed by atoms with Gasteiger partial charge in [0.05, 0.1) is 20.8 Å². The van der Waals surface area contributed by atoms with E-state index in [9.17, 15) is 9.00 Å². The molecule has 2 aromatic heterocycles. The number of benzene rings is 2. The first-order chi connectivity index (χ1) is 18.1. The number of carbonyl (C=O) groups is 1. The Morgan fingerprint density at radius 3 is 2.53 bits per heavy atom. The van der Waals surface area contributed by atoms with Crippen LogP contribution in [0.15, 0.2) is 59.2 Å².